The summed E-state index contributed by atoms with van der Waals surface area (Å²) in [4.78, 5) is 0. The van der Waals surface area contributed by atoms with Gasteiger partial charge in [0.25, 0.3) is 0 Å². The number of hydrogen-bond donors (Lipinski definition) is 0. The highest BCUT2D eigenvalue weighted by Crippen LogP contribution is 2.33. The molecule has 0 saturated carbocycles. The predicted octanol–water partition coefficient (Wildman–Crippen LogP) is 12.4. The second-order valence-electron chi connectivity index (χ2n) is 25.4. The highest BCUT2D eigenvalue weighted by atomic mass is 28.5. The molecule has 0 heterocycles. The van der Waals surface area contributed by atoms with Crippen LogP contribution in [-0.4, -0.2) is 159 Å². The van der Waals surface area contributed by atoms with Crippen LogP contribution in [0.5, 0.6) is 0 Å². The molecule has 0 amide bonds. The van der Waals surface area contributed by atoms with E-state index in [1.54, 1.807) is 0 Å². The highest BCUT2D eigenvalue weighted by Gasteiger charge is 2.54. The minimum absolute atomic E-state index is 0.503. The van der Waals surface area contributed by atoms with Crippen LogP contribution in [0.2, 0.25) is 216 Å². The van der Waals surface area contributed by atoms with E-state index in [0.717, 1.165) is 0 Å². The summed E-state index contributed by atoms with van der Waals surface area (Å²) in [5.74, 6) is 0. The van der Waals surface area contributed by atoms with Crippen molar-refractivity contribution in [1.82, 2.24) is 0 Å². The third-order valence-corrected chi connectivity index (χ3v) is 72.9. The van der Waals surface area contributed by atoms with Gasteiger partial charge in [0.2, 0.25) is 0 Å². The Hall–Kier alpha value is 2.97. The van der Waals surface area contributed by atoms with E-state index in [1.807, 2.05) is 72.8 Å². The maximum absolute atomic E-state index is 6.91. The minimum atomic E-state index is -2.87. The summed E-state index contributed by atoms with van der Waals surface area (Å²) in [6.07, 6.45) is 0. The first-order chi connectivity index (χ1) is 31.1. The highest BCUT2D eigenvalue weighted by molar-refractivity contribution is 6.95. The van der Waals surface area contributed by atoms with Crippen LogP contribution in [0.15, 0.2) is 0 Å². The molecular formula is C37H110O18Si17. The smallest absolute Gasteiger partial charge is 0.440 e. The Morgan fingerprint density at radius 3 is 0.458 bits per heavy atom. The van der Waals surface area contributed by atoms with Crippen molar-refractivity contribution in [2.45, 2.75) is 230 Å². The van der Waals surface area contributed by atoms with Crippen molar-refractivity contribution in [2.24, 2.45) is 0 Å². The van der Waals surface area contributed by atoms with Gasteiger partial charge in [-0.3, -0.25) is 0 Å². The zero-order valence-corrected chi connectivity index (χ0v) is 69.5. The summed E-state index contributed by atoms with van der Waals surface area (Å²) >= 11 is 0. The number of rotatable bonds is 36. The predicted molar refractivity (Wildman–Crippen MR) is 333 cm³/mol. The largest absolute Gasteiger partial charge is 0.488 e. The second-order valence-corrected chi connectivity index (χ2v) is 85.0. The normalized spacial score (nSPS) is 15.8. The lowest BCUT2D eigenvalue weighted by Gasteiger charge is -2.45. The summed E-state index contributed by atoms with van der Waals surface area (Å²) in [7, 11) is -45.2. The first kappa shape index (κ1) is 75.0. The summed E-state index contributed by atoms with van der Waals surface area (Å²) in [5, 5.41) is 0. The molecule has 0 spiro atoms. The first-order valence-electron chi connectivity index (χ1n) is 25.6. The van der Waals surface area contributed by atoms with Crippen LogP contribution in [0.3, 0.4) is 0 Å². The zero-order valence-electron chi connectivity index (χ0n) is 52.3. The van der Waals surface area contributed by atoms with E-state index < -0.39 is 146 Å². The second kappa shape index (κ2) is 26.5. The Kier molecular flexibility index (Phi) is 27.6. The molecule has 0 fully saturated rings. The lowest BCUT2D eigenvalue weighted by molar-refractivity contribution is 0.111. The van der Waals surface area contributed by atoms with E-state index in [2.05, 4.69) is 157 Å². The Morgan fingerprint density at radius 1 is 0.208 bits per heavy atom. The summed E-state index contributed by atoms with van der Waals surface area (Å²) in [6.45, 7) is 72.8. The van der Waals surface area contributed by atoms with Crippen molar-refractivity contribution in [3.05, 3.63) is 0 Å². The molecule has 0 unspecified atom stereocenters. The van der Waals surface area contributed by atoms with E-state index in [9.17, 15) is 0 Å². The number of hydrogen-bond acceptors (Lipinski definition) is 18. The van der Waals surface area contributed by atoms with Crippen LogP contribution < -0.4 is 0 Å². The molecule has 18 nitrogen and oxygen atoms in total. The zero-order chi connectivity index (χ0) is 57.7. The third kappa shape index (κ3) is 33.7. The van der Waals surface area contributed by atoms with E-state index in [1.165, 1.54) is 0 Å². The minimum Gasteiger partial charge on any atom is -0.440 e. The maximum Gasteiger partial charge on any atom is 0.488 e. The lowest BCUT2D eigenvalue weighted by Crippen LogP contribution is -2.63. The molecule has 0 aliphatic carbocycles. The molecule has 0 atom stereocenters. The van der Waals surface area contributed by atoms with E-state index in [0.29, 0.717) is 13.2 Å². The topological polar surface area (TPSA) is 166 Å². The summed E-state index contributed by atoms with van der Waals surface area (Å²) in [5.41, 5.74) is 0. The molecule has 0 N–H and O–H groups in total. The molecule has 0 aromatic carbocycles. The van der Waals surface area contributed by atoms with Crippen molar-refractivity contribution in [1.29, 1.82) is 0 Å². The molecule has 0 aliphatic rings. The van der Waals surface area contributed by atoms with Crippen molar-refractivity contribution >= 4 is 146 Å². The van der Waals surface area contributed by atoms with Crippen molar-refractivity contribution in [3.8, 4) is 0 Å². The van der Waals surface area contributed by atoms with Gasteiger partial charge in [-0.15, -0.1) is 0 Å². The molecule has 0 saturated heterocycles. The fraction of sp³-hybridized carbons (Fsp3) is 1.00. The maximum atomic E-state index is 6.91. The van der Waals surface area contributed by atoms with Gasteiger partial charge in [-0.25, -0.2) is 0 Å². The van der Waals surface area contributed by atoms with E-state index in [4.69, 9.17) is 74.7 Å². The third-order valence-electron chi connectivity index (χ3n) is 8.65. The van der Waals surface area contributed by atoms with Crippen LogP contribution in [0.25, 0.3) is 0 Å². The molecule has 0 rings (SSSR count). The molecule has 0 bridgehead atoms. The average molecular weight is 1320 g/mol. The van der Waals surface area contributed by atoms with E-state index >= 15 is 0 Å². The van der Waals surface area contributed by atoms with Gasteiger partial charge in [0.15, 0.2) is 9.04 Å². The van der Waals surface area contributed by atoms with Crippen LogP contribution in [-0.2, 0) is 74.7 Å². The first-order valence-corrected chi connectivity index (χ1v) is 72.9. The van der Waals surface area contributed by atoms with Crippen molar-refractivity contribution in [2.75, 3.05) is 13.2 Å². The van der Waals surface area contributed by atoms with Crippen LogP contribution in [0, 0.1) is 0 Å². The van der Waals surface area contributed by atoms with Gasteiger partial charge in [-0.1, -0.05) is 0 Å². The quantitative estimate of drug-likeness (QED) is 0.0543. The molecule has 35 heteroatoms. The Bertz CT molecular complexity index is 1680. The van der Waals surface area contributed by atoms with Crippen molar-refractivity contribution in [3.63, 3.8) is 0 Å². The molecule has 0 radical (unpaired) electrons. The Balaban J connectivity index is 5.77. The van der Waals surface area contributed by atoms with Crippen LogP contribution in [0.4, 0.5) is 0 Å². The van der Waals surface area contributed by atoms with Gasteiger partial charge in [-0.05, 0) is 223 Å². The molecule has 0 aromatic rings. The fourth-order valence-electron chi connectivity index (χ4n) is 10.2. The van der Waals surface area contributed by atoms with Crippen LogP contribution >= 0.6 is 0 Å². The fourth-order valence-corrected chi connectivity index (χ4v) is 94.5. The molecule has 72 heavy (non-hydrogen) atoms. The van der Waals surface area contributed by atoms with Gasteiger partial charge in [0.1, 0.15) is 0 Å². The van der Waals surface area contributed by atoms with Gasteiger partial charge in [0.05, 0.1) is 0 Å². The Morgan fingerprint density at radius 2 is 0.333 bits per heavy atom. The Labute approximate surface area is 460 Å². The molecule has 434 valence electrons. The van der Waals surface area contributed by atoms with Gasteiger partial charge in [0, 0.05) is 19.8 Å². The molecular weight excluding hydrogens is 1210 g/mol. The summed E-state index contributed by atoms with van der Waals surface area (Å²) < 4.78 is 120. The van der Waals surface area contributed by atoms with Gasteiger partial charge < -0.3 is 74.7 Å². The summed E-state index contributed by atoms with van der Waals surface area (Å²) in [6, 6.07) is 0. The average Bonchev–Trinajstić information content (AvgIpc) is 2.90. The lowest BCUT2D eigenvalue weighted by atomic mass is 10.9. The van der Waals surface area contributed by atoms with Gasteiger partial charge in [-0.2, -0.15) is 0 Å². The SMILES string of the molecule is CCO[Si](C)(OCC)O[Si](C)(C)O[Si](C)(C)O[Si](C)(C)O[Si](C)(C)O[Si](C)(C)O[Si](C)(C)O[Si](C)(C)O[Si](C)(C)O[Si](C)(C)O[Si](C)(C)O[Si](C)(C)O[Si](C)(C)O[Si](C)(C)O[Si](C)(C)O[Si](C)(C)O[SiH](C)C. The van der Waals surface area contributed by atoms with Crippen LogP contribution in [0.1, 0.15) is 13.8 Å². The molecule has 0 aliphatic heterocycles. The van der Waals surface area contributed by atoms with E-state index in [-0.39, 0.29) is 0 Å². The standard InChI is InChI=1S/C37H110O18Si17/c1-36-38-72(35,39-37-2)55-71(33,34)54-70(31,32)53-69(29,30)52-68(27,28)51-67(25,26)50-66(23,24)49-65(21,22)48-64(19,20)47-63(17,18)46-62(15,16)45-61(13,14)44-60(11,12)43-59(9,10)42-58(7,8)41-57(5,6)40-56(3)4/h56H,36-37H2,1-35H3. The molecule has 0 aromatic heterocycles. The van der Waals surface area contributed by atoms with Crippen molar-refractivity contribution < 1.29 is 74.7 Å². The van der Waals surface area contributed by atoms with Gasteiger partial charge >= 0.3 is 137 Å². The monoisotopic (exact) mass is 1320 g/mol.